The van der Waals surface area contributed by atoms with E-state index in [1.165, 1.54) is 0 Å². The maximum absolute atomic E-state index is 11.5. The Morgan fingerprint density at radius 3 is 2.62 bits per heavy atom. The van der Waals surface area contributed by atoms with E-state index in [1.54, 1.807) is 24.9 Å². The van der Waals surface area contributed by atoms with E-state index in [0.29, 0.717) is 16.6 Å². The van der Waals surface area contributed by atoms with Crippen LogP contribution in [0.5, 0.6) is 0 Å². The number of nitrogens with zero attached hydrogens (tertiary/aromatic N) is 3. The number of hydrogen-bond donors (Lipinski definition) is 0. The zero-order valence-electron chi connectivity index (χ0n) is 13.7. The quantitative estimate of drug-likeness (QED) is 0.687. The normalized spacial score (nSPS) is 11.0. The molecule has 0 aliphatic rings. The van der Waals surface area contributed by atoms with Crippen molar-refractivity contribution < 1.29 is 4.79 Å². The van der Waals surface area contributed by atoms with Crippen LogP contribution in [-0.2, 0) is 18.4 Å². The summed E-state index contributed by atoms with van der Waals surface area (Å²) in [6.07, 6.45) is 0. The van der Waals surface area contributed by atoms with Crippen molar-refractivity contribution in [2.24, 2.45) is 7.05 Å². The molecule has 124 valence electrons. The van der Waals surface area contributed by atoms with Gasteiger partial charge in [0.2, 0.25) is 5.91 Å². The van der Waals surface area contributed by atoms with Crippen molar-refractivity contribution >= 4 is 40.0 Å². The van der Waals surface area contributed by atoms with Crippen LogP contribution >= 0.6 is 23.2 Å². The summed E-state index contributed by atoms with van der Waals surface area (Å²) in [5.74, 6) is 0.0150. The highest BCUT2D eigenvalue weighted by Crippen LogP contribution is 2.35. The lowest BCUT2D eigenvalue weighted by Crippen LogP contribution is -2.24. The number of rotatable bonds is 3. The topological polar surface area (TPSA) is 38.1 Å². The van der Waals surface area contributed by atoms with Gasteiger partial charge in [-0.1, -0.05) is 47.5 Å². The lowest BCUT2D eigenvalue weighted by Gasteiger charge is -2.15. The maximum Gasteiger partial charge on any atom is 0.219 e. The molecule has 0 fully saturated rings. The molecule has 0 bridgehead atoms. The molecule has 0 aliphatic heterocycles. The molecule has 6 heteroatoms. The monoisotopic (exact) mass is 361 g/mol. The summed E-state index contributed by atoms with van der Waals surface area (Å²) in [7, 11) is 3.66. The van der Waals surface area contributed by atoms with Gasteiger partial charge in [0.05, 0.1) is 12.2 Å². The van der Waals surface area contributed by atoms with E-state index >= 15 is 0 Å². The van der Waals surface area contributed by atoms with E-state index in [4.69, 9.17) is 23.2 Å². The third kappa shape index (κ3) is 2.99. The zero-order chi connectivity index (χ0) is 17.4. The largest absolute Gasteiger partial charge is 0.340 e. The minimum Gasteiger partial charge on any atom is -0.340 e. The smallest absolute Gasteiger partial charge is 0.219 e. The summed E-state index contributed by atoms with van der Waals surface area (Å²) in [6, 6.07) is 11.4. The molecule has 0 saturated heterocycles. The van der Waals surface area contributed by atoms with Crippen LogP contribution in [0.1, 0.15) is 12.6 Å². The molecule has 1 heterocycles. The fourth-order valence-corrected chi connectivity index (χ4v) is 3.23. The molecular formula is C18H17Cl2N3O. The first-order chi connectivity index (χ1) is 11.4. The Morgan fingerprint density at radius 1 is 1.21 bits per heavy atom. The van der Waals surface area contributed by atoms with Crippen molar-refractivity contribution in [2.75, 3.05) is 7.05 Å². The number of aromatic nitrogens is 2. The second-order valence-electron chi connectivity index (χ2n) is 5.77. The lowest BCUT2D eigenvalue weighted by atomic mass is 10.0. The van der Waals surface area contributed by atoms with Gasteiger partial charge in [-0.3, -0.25) is 9.48 Å². The standard InChI is InChI=1S/C18H17Cl2N3O/c1-11(24)22(2)10-17-15-6-4-5-14(18(15)21-23(17)3)13-8-7-12(19)9-16(13)20/h4-9H,10H2,1-3H3. The van der Waals surface area contributed by atoms with Crippen LogP contribution in [0.25, 0.3) is 22.0 Å². The van der Waals surface area contributed by atoms with Crippen molar-refractivity contribution in [2.45, 2.75) is 13.5 Å². The number of carbonyl (C=O) groups excluding carboxylic acids is 1. The van der Waals surface area contributed by atoms with Gasteiger partial charge >= 0.3 is 0 Å². The molecule has 0 spiro atoms. The predicted molar refractivity (Wildman–Crippen MR) is 98.3 cm³/mol. The number of fused-ring (bicyclic) bond motifs is 1. The van der Waals surface area contributed by atoms with Crippen LogP contribution in [-0.4, -0.2) is 27.6 Å². The molecule has 0 saturated carbocycles. The number of halogens is 2. The van der Waals surface area contributed by atoms with Crippen molar-refractivity contribution in [1.29, 1.82) is 0 Å². The molecule has 0 unspecified atom stereocenters. The minimum absolute atomic E-state index is 0.0150. The fraction of sp³-hybridized carbons (Fsp3) is 0.222. The summed E-state index contributed by atoms with van der Waals surface area (Å²) in [5, 5.41) is 6.84. The van der Waals surface area contributed by atoms with Gasteiger partial charge in [-0.15, -0.1) is 0 Å². The summed E-state index contributed by atoms with van der Waals surface area (Å²) >= 11 is 12.4. The van der Waals surface area contributed by atoms with Gasteiger partial charge in [-0.05, 0) is 12.1 Å². The van der Waals surface area contributed by atoms with Gasteiger partial charge in [0, 0.05) is 47.6 Å². The van der Waals surface area contributed by atoms with E-state index in [9.17, 15) is 4.79 Å². The molecule has 4 nitrogen and oxygen atoms in total. The lowest BCUT2D eigenvalue weighted by molar-refractivity contribution is -0.128. The average Bonchev–Trinajstić information content (AvgIpc) is 2.83. The molecule has 3 rings (SSSR count). The Balaban J connectivity index is 2.17. The third-order valence-corrected chi connectivity index (χ3v) is 4.68. The van der Waals surface area contributed by atoms with E-state index < -0.39 is 0 Å². The zero-order valence-corrected chi connectivity index (χ0v) is 15.2. The van der Waals surface area contributed by atoms with E-state index in [0.717, 1.165) is 27.7 Å². The van der Waals surface area contributed by atoms with Crippen molar-refractivity contribution in [1.82, 2.24) is 14.7 Å². The number of hydrogen-bond acceptors (Lipinski definition) is 2. The highest BCUT2D eigenvalue weighted by Gasteiger charge is 2.16. The first-order valence-electron chi connectivity index (χ1n) is 7.50. The van der Waals surface area contributed by atoms with Crippen LogP contribution < -0.4 is 0 Å². The van der Waals surface area contributed by atoms with Gasteiger partial charge < -0.3 is 4.90 Å². The molecule has 0 radical (unpaired) electrons. The maximum atomic E-state index is 11.5. The predicted octanol–water partition coefficient (Wildman–Crippen LogP) is 4.53. The first kappa shape index (κ1) is 16.8. The molecular weight excluding hydrogens is 345 g/mol. The highest BCUT2D eigenvalue weighted by molar-refractivity contribution is 6.36. The molecule has 0 N–H and O–H groups in total. The van der Waals surface area contributed by atoms with Gasteiger partial charge in [-0.2, -0.15) is 5.10 Å². The van der Waals surface area contributed by atoms with Crippen LogP contribution in [0.2, 0.25) is 10.0 Å². The second kappa shape index (κ2) is 6.46. The van der Waals surface area contributed by atoms with Crippen molar-refractivity contribution in [3.63, 3.8) is 0 Å². The van der Waals surface area contributed by atoms with E-state index in [-0.39, 0.29) is 5.91 Å². The van der Waals surface area contributed by atoms with Gasteiger partial charge in [-0.25, -0.2) is 0 Å². The second-order valence-corrected chi connectivity index (χ2v) is 6.61. The molecule has 1 amide bonds. The third-order valence-electron chi connectivity index (χ3n) is 4.13. The minimum atomic E-state index is 0.0150. The SMILES string of the molecule is CC(=O)N(C)Cc1c2cccc(-c3ccc(Cl)cc3Cl)c2nn1C. The fourth-order valence-electron chi connectivity index (χ4n) is 2.72. The van der Waals surface area contributed by atoms with Gasteiger partial charge in [0.1, 0.15) is 5.52 Å². The number of carbonyl (C=O) groups is 1. The van der Waals surface area contributed by atoms with Gasteiger partial charge in [0.15, 0.2) is 0 Å². The number of amides is 1. The first-order valence-corrected chi connectivity index (χ1v) is 8.26. The summed E-state index contributed by atoms with van der Waals surface area (Å²) < 4.78 is 1.82. The Kier molecular flexibility index (Phi) is 4.52. The highest BCUT2D eigenvalue weighted by atomic mass is 35.5. The van der Waals surface area contributed by atoms with Crippen LogP contribution in [0.15, 0.2) is 36.4 Å². The van der Waals surface area contributed by atoms with Crippen LogP contribution in [0.4, 0.5) is 0 Å². The molecule has 0 atom stereocenters. The summed E-state index contributed by atoms with van der Waals surface area (Å²) in [4.78, 5) is 13.2. The Morgan fingerprint density at radius 2 is 1.96 bits per heavy atom. The number of benzene rings is 2. The van der Waals surface area contributed by atoms with Crippen LogP contribution in [0, 0.1) is 0 Å². The molecule has 3 aromatic rings. The Labute approximate surface area is 150 Å². The van der Waals surface area contributed by atoms with Crippen molar-refractivity contribution in [3.8, 4) is 11.1 Å². The molecule has 1 aromatic heterocycles. The Hall–Kier alpha value is -2.04. The summed E-state index contributed by atoms with van der Waals surface area (Å²) in [6.45, 7) is 2.05. The molecule has 2 aromatic carbocycles. The molecule has 24 heavy (non-hydrogen) atoms. The summed E-state index contributed by atoms with van der Waals surface area (Å²) in [5.41, 5.74) is 3.67. The number of aryl methyl sites for hydroxylation is 1. The Bertz CT molecular complexity index is 933. The van der Waals surface area contributed by atoms with Crippen LogP contribution in [0.3, 0.4) is 0 Å². The van der Waals surface area contributed by atoms with E-state index in [2.05, 4.69) is 5.10 Å². The molecule has 0 aliphatic carbocycles. The average molecular weight is 362 g/mol. The van der Waals surface area contributed by atoms with Crippen molar-refractivity contribution in [3.05, 3.63) is 52.1 Å². The van der Waals surface area contributed by atoms with Gasteiger partial charge in [0.25, 0.3) is 0 Å². The van der Waals surface area contributed by atoms with E-state index in [1.807, 2.05) is 42.1 Å².